The molecule has 2 fully saturated rings. The smallest absolute Gasteiger partial charge is 0.243 e. The maximum absolute atomic E-state index is 11.9. The lowest BCUT2D eigenvalue weighted by molar-refractivity contribution is -0.127. The van der Waals surface area contributed by atoms with Crippen LogP contribution < -0.4 is 5.32 Å². The number of nitrogens with zero attached hydrogens (tertiary/aromatic N) is 3. The molecule has 0 aromatic heterocycles. The van der Waals surface area contributed by atoms with Gasteiger partial charge >= 0.3 is 0 Å². The van der Waals surface area contributed by atoms with E-state index < -0.39 is 0 Å². The molecule has 1 heterocycles. The van der Waals surface area contributed by atoms with Gasteiger partial charge in [0.15, 0.2) is 5.96 Å². The minimum Gasteiger partial charge on any atom is -0.382 e. The first kappa shape index (κ1) is 22.5. The Kier molecular flexibility index (Phi) is 10.1. The van der Waals surface area contributed by atoms with Crippen molar-refractivity contribution in [3.05, 3.63) is 0 Å². The van der Waals surface area contributed by atoms with Crippen LogP contribution in [0, 0.1) is 5.41 Å². The molecule has 1 saturated heterocycles. The zero-order valence-corrected chi connectivity index (χ0v) is 18.4. The molecule has 0 radical (unpaired) electrons. The number of carbonyl (C=O) groups excluding carboxylic acids is 1. The van der Waals surface area contributed by atoms with Crippen molar-refractivity contribution in [2.45, 2.75) is 45.4 Å². The summed E-state index contributed by atoms with van der Waals surface area (Å²) in [5.41, 5.74) is 0.499. The SMILES string of the molecule is CCOCCCNC(=NCC(=O)N(C)C)N1CCC2(CCCC2)C1.I. The lowest BCUT2D eigenvalue weighted by Crippen LogP contribution is -2.42. The summed E-state index contributed by atoms with van der Waals surface area (Å²) in [6, 6.07) is 0. The first-order valence-corrected chi connectivity index (χ1v) is 9.37. The standard InChI is InChI=1S/C18H34N4O2.HI/c1-4-24-13-7-11-19-17(20-14-16(23)21(2)3)22-12-10-18(15-22)8-5-6-9-18;/h4-15H2,1-3H3,(H,19,20);1H. The number of aliphatic imine (C=N–C) groups is 1. The van der Waals surface area contributed by atoms with E-state index in [0.717, 1.165) is 45.2 Å². The number of carbonyl (C=O) groups is 1. The van der Waals surface area contributed by atoms with Gasteiger partial charge in [0.2, 0.25) is 5.91 Å². The van der Waals surface area contributed by atoms with Gasteiger partial charge in [0.1, 0.15) is 6.54 Å². The number of ether oxygens (including phenoxy) is 1. The molecule has 0 atom stereocenters. The number of amides is 1. The highest BCUT2D eigenvalue weighted by atomic mass is 127. The van der Waals surface area contributed by atoms with Gasteiger partial charge in [-0.2, -0.15) is 0 Å². The number of guanidine groups is 1. The van der Waals surface area contributed by atoms with E-state index >= 15 is 0 Å². The van der Waals surface area contributed by atoms with Crippen LogP contribution >= 0.6 is 24.0 Å². The Morgan fingerprint density at radius 3 is 2.64 bits per heavy atom. The maximum Gasteiger partial charge on any atom is 0.243 e. The number of hydrogen-bond acceptors (Lipinski definition) is 3. The van der Waals surface area contributed by atoms with Gasteiger partial charge in [-0.1, -0.05) is 12.8 Å². The van der Waals surface area contributed by atoms with Crippen LogP contribution in [0.1, 0.15) is 45.4 Å². The summed E-state index contributed by atoms with van der Waals surface area (Å²) in [6.45, 7) is 6.71. The van der Waals surface area contributed by atoms with Crippen LogP contribution in [-0.4, -0.2) is 75.2 Å². The quantitative estimate of drug-likeness (QED) is 0.271. The van der Waals surface area contributed by atoms with Gasteiger partial charge in [-0.05, 0) is 38.0 Å². The molecule has 2 aliphatic rings. The first-order chi connectivity index (χ1) is 11.6. The summed E-state index contributed by atoms with van der Waals surface area (Å²) in [7, 11) is 3.55. The highest BCUT2D eigenvalue weighted by Crippen LogP contribution is 2.45. The largest absolute Gasteiger partial charge is 0.382 e. The van der Waals surface area contributed by atoms with E-state index in [-0.39, 0.29) is 36.4 Å². The predicted octanol–water partition coefficient (Wildman–Crippen LogP) is 2.33. The normalized spacial score (nSPS) is 19.2. The van der Waals surface area contributed by atoms with Crippen LogP contribution in [0.3, 0.4) is 0 Å². The number of halogens is 1. The van der Waals surface area contributed by atoms with Gasteiger partial charge in [-0.15, -0.1) is 24.0 Å². The van der Waals surface area contributed by atoms with Crippen molar-refractivity contribution in [2.24, 2.45) is 10.4 Å². The van der Waals surface area contributed by atoms with E-state index in [9.17, 15) is 4.79 Å². The third kappa shape index (κ3) is 6.92. The molecular weight excluding hydrogens is 431 g/mol. The predicted molar refractivity (Wildman–Crippen MR) is 113 cm³/mol. The Hall–Kier alpha value is -0.570. The van der Waals surface area contributed by atoms with Gasteiger partial charge in [0.05, 0.1) is 0 Å². The van der Waals surface area contributed by atoms with Gasteiger partial charge in [0.25, 0.3) is 0 Å². The molecule has 0 aromatic rings. The number of likely N-dealkylation sites (N-methyl/N-ethyl adjacent to an activating group) is 1. The van der Waals surface area contributed by atoms with Crippen molar-refractivity contribution in [2.75, 3.05) is 53.5 Å². The number of hydrogen-bond donors (Lipinski definition) is 1. The van der Waals surface area contributed by atoms with Gasteiger partial charge in [0, 0.05) is 46.9 Å². The molecule has 1 N–H and O–H groups in total. The molecule has 0 unspecified atom stereocenters. The van der Waals surface area contributed by atoms with Crippen LogP contribution in [0.4, 0.5) is 0 Å². The van der Waals surface area contributed by atoms with Crippen LogP contribution in [0.25, 0.3) is 0 Å². The summed E-state index contributed by atoms with van der Waals surface area (Å²) >= 11 is 0. The van der Waals surface area contributed by atoms with Crippen molar-refractivity contribution in [3.8, 4) is 0 Å². The van der Waals surface area contributed by atoms with Crippen molar-refractivity contribution in [1.29, 1.82) is 0 Å². The van der Waals surface area contributed by atoms with E-state index in [2.05, 4.69) is 15.2 Å². The molecule has 7 heteroatoms. The van der Waals surface area contributed by atoms with Crippen LogP contribution in [-0.2, 0) is 9.53 Å². The zero-order valence-electron chi connectivity index (χ0n) is 16.1. The molecule has 1 aliphatic heterocycles. The van der Waals surface area contributed by atoms with Crippen molar-refractivity contribution in [3.63, 3.8) is 0 Å². The van der Waals surface area contributed by atoms with E-state index in [0.29, 0.717) is 5.41 Å². The second kappa shape index (κ2) is 11.2. The second-order valence-electron chi connectivity index (χ2n) is 7.28. The molecule has 25 heavy (non-hydrogen) atoms. The molecule has 1 saturated carbocycles. The Morgan fingerprint density at radius 1 is 1.28 bits per heavy atom. The van der Waals surface area contributed by atoms with Gasteiger partial charge in [-0.25, -0.2) is 4.99 Å². The Bertz CT molecular complexity index is 437. The molecule has 0 bridgehead atoms. The monoisotopic (exact) mass is 466 g/mol. The average Bonchev–Trinajstić information content (AvgIpc) is 3.20. The molecule has 0 aromatic carbocycles. The summed E-state index contributed by atoms with van der Waals surface area (Å²) in [4.78, 5) is 20.4. The Morgan fingerprint density at radius 2 is 2.00 bits per heavy atom. The lowest BCUT2D eigenvalue weighted by atomic mass is 9.86. The third-order valence-corrected chi connectivity index (χ3v) is 5.22. The summed E-state index contributed by atoms with van der Waals surface area (Å²) in [6.07, 6.45) is 7.62. The van der Waals surface area contributed by atoms with E-state index in [4.69, 9.17) is 4.74 Å². The molecule has 2 rings (SSSR count). The number of nitrogens with one attached hydrogen (secondary N) is 1. The summed E-state index contributed by atoms with van der Waals surface area (Å²) < 4.78 is 5.39. The molecular formula is C18H35IN4O2. The highest BCUT2D eigenvalue weighted by molar-refractivity contribution is 14.0. The van der Waals surface area contributed by atoms with Crippen molar-refractivity contribution >= 4 is 35.8 Å². The fourth-order valence-electron chi connectivity index (χ4n) is 3.72. The van der Waals surface area contributed by atoms with Crippen molar-refractivity contribution in [1.82, 2.24) is 15.1 Å². The number of likely N-dealkylation sites (tertiary alicyclic amines) is 1. The van der Waals surface area contributed by atoms with Gasteiger partial charge in [-0.3, -0.25) is 4.79 Å². The van der Waals surface area contributed by atoms with Crippen LogP contribution in [0.15, 0.2) is 4.99 Å². The van der Waals surface area contributed by atoms with Gasteiger partial charge < -0.3 is 19.9 Å². The molecule has 1 amide bonds. The lowest BCUT2D eigenvalue weighted by Gasteiger charge is -2.26. The Labute approximate surface area is 169 Å². The van der Waals surface area contributed by atoms with E-state index in [1.54, 1.807) is 19.0 Å². The van der Waals surface area contributed by atoms with Crippen LogP contribution in [0.2, 0.25) is 0 Å². The zero-order chi connectivity index (χ0) is 17.4. The maximum atomic E-state index is 11.9. The fourth-order valence-corrected chi connectivity index (χ4v) is 3.72. The third-order valence-electron chi connectivity index (χ3n) is 5.22. The molecule has 146 valence electrons. The van der Waals surface area contributed by atoms with E-state index in [1.807, 2.05) is 6.92 Å². The van der Waals surface area contributed by atoms with E-state index in [1.165, 1.54) is 32.1 Å². The van der Waals surface area contributed by atoms with Crippen LogP contribution in [0.5, 0.6) is 0 Å². The summed E-state index contributed by atoms with van der Waals surface area (Å²) in [5.74, 6) is 0.934. The average molecular weight is 466 g/mol. The Balaban J connectivity index is 0.00000312. The highest BCUT2D eigenvalue weighted by Gasteiger charge is 2.41. The fraction of sp³-hybridized carbons (Fsp3) is 0.889. The topological polar surface area (TPSA) is 57.2 Å². The first-order valence-electron chi connectivity index (χ1n) is 9.37. The molecule has 1 spiro atoms. The second-order valence-corrected chi connectivity index (χ2v) is 7.28. The minimum absolute atomic E-state index is 0. The molecule has 6 nitrogen and oxygen atoms in total. The number of rotatable bonds is 7. The summed E-state index contributed by atoms with van der Waals surface area (Å²) in [5, 5.41) is 3.45. The van der Waals surface area contributed by atoms with Crippen molar-refractivity contribution < 1.29 is 9.53 Å². The molecule has 1 aliphatic carbocycles. The minimum atomic E-state index is 0.